The van der Waals surface area contributed by atoms with Gasteiger partial charge in [0.1, 0.15) is 5.82 Å². The predicted octanol–water partition coefficient (Wildman–Crippen LogP) is 6.83. The number of para-hydroxylation sites is 2. The number of anilines is 1. The lowest BCUT2D eigenvalue weighted by molar-refractivity contribution is 0.194. The van der Waals surface area contributed by atoms with Crippen molar-refractivity contribution in [2.75, 3.05) is 11.6 Å². The van der Waals surface area contributed by atoms with E-state index < -0.39 is 0 Å². The van der Waals surface area contributed by atoms with E-state index in [9.17, 15) is 4.79 Å². The zero-order chi connectivity index (χ0) is 25.4. The smallest absolute Gasteiger partial charge is 0.308 e. The van der Waals surface area contributed by atoms with Crippen molar-refractivity contribution in [2.45, 2.75) is 24.4 Å². The summed E-state index contributed by atoms with van der Waals surface area (Å²) >= 11 is 1.71. The van der Waals surface area contributed by atoms with Crippen LogP contribution in [0.15, 0.2) is 108 Å². The molecule has 3 aromatic carbocycles. The van der Waals surface area contributed by atoms with Crippen molar-refractivity contribution in [2.24, 2.45) is 0 Å². The number of urea groups is 1. The average Bonchev–Trinajstić information content (AvgIpc) is 3.50. The monoisotopic (exact) mass is 505 g/mol. The van der Waals surface area contributed by atoms with Gasteiger partial charge in [0.15, 0.2) is 0 Å². The Morgan fingerprint density at radius 3 is 2.32 bits per heavy atom. The van der Waals surface area contributed by atoms with Crippen molar-refractivity contribution in [1.82, 2.24) is 19.2 Å². The summed E-state index contributed by atoms with van der Waals surface area (Å²) < 4.78 is 4.17. The number of thioether (sulfide) groups is 1. The summed E-state index contributed by atoms with van der Waals surface area (Å²) in [7, 11) is 0. The van der Waals surface area contributed by atoms with Gasteiger partial charge in [-0.05, 0) is 67.3 Å². The fourth-order valence-electron chi connectivity index (χ4n) is 5.00. The molecule has 5 aromatic rings. The van der Waals surface area contributed by atoms with Crippen molar-refractivity contribution in [1.29, 1.82) is 0 Å². The molecule has 3 heterocycles. The Balaban J connectivity index is 1.53. The Morgan fingerprint density at radius 1 is 0.919 bits per heavy atom. The minimum atomic E-state index is -0.286. The normalized spacial score (nSPS) is 14.5. The Kier molecular flexibility index (Phi) is 6.06. The van der Waals surface area contributed by atoms with E-state index in [1.54, 1.807) is 11.8 Å². The van der Waals surface area contributed by atoms with Gasteiger partial charge in [0, 0.05) is 22.3 Å². The third-order valence-electron chi connectivity index (χ3n) is 6.80. The number of nitrogens with one attached hydrogen (secondary N) is 1. The molecule has 1 N–H and O–H groups in total. The molecule has 0 aliphatic carbocycles. The molecule has 1 aliphatic heterocycles. The summed E-state index contributed by atoms with van der Waals surface area (Å²) in [5.74, 6) is 0.962. The molecule has 0 saturated carbocycles. The minimum Gasteiger partial charge on any atom is -0.308 e. The highest BCUT2D eigenvalue weighted by atomic mass is 32.2. The van der Waals surface area contributed by atoms with Gasteiger partial charge in [-0.25, -0.2) is 9.48 Å². The summed E-state index contributed by atoms with van der Waals surface area (Å²) in [5.41, 5.74) is 5.73. The van der Waals surface area contributed by atoms with E-state index >= 15 is 0 Å². The molecule has 1 unspecified atom stereocenters. The fraction of sp³-hybridized carbons (Fsp3) is 0.133. The molecular weight excluding hydrogens is 478 g/mol. The summed E-state index contributed by atoms with van der Waals surface area (Å²) in [4.78, 5) is 17.0. The van der Waals surface area contributed by atoms with Crippen LogP contribution in [0.5, 0.6) is 0 Å². The maximum Gasteiger partial charge on any atom is 0.322 e. The average molecular weight is 506 g/mol. The number of aryl methyl sites for hydroxylation is 1. The Bertz CT molecular complexity index is 1540. The lowest BCUT2D eigenvalue weighted by atomic mass is 10.0. The Hall–Kier alpha value is -4.23. The first-order chi connectivity index (χ1) is 18.1. The van der Waals surface area contributed by atoms with E-state index in [-0.39, 0.29) is 12.1 Å². The zero-order valence-corrected chi connectivity index (χ0v) is 21.5. The number of carbonyl (C=O) groups is 1. The standard InChI is InChI=1S/C30H27N5OS/c1-21-26-20-34(30(36)31-23-10-5-3-6-11-23)28(22-15-17-25(37-2)18-16-22)27-14-9-19-33(27)29(26)35(32-21)24-12-7-4-8-13-24/h3-19,28H,20H2,1-2H3,(H,31,36). The molecule has 0 bridgehead atoms. The van der Waals surface area contributed by atoms with Crippen LogP contribution in [0.1, 0.15) is 28.6 Å². The third-order valence-corrected chi connectivity index (χ3v) is 7.55. The van der Waals surface area contributed by atoms with E-state index in [1.807, 2.05) is 71.1 Å². The predicted molar refractivity (Wildman–Crippen MR) is 149 cm³/mol. The fourth-order valence-corrected chi connectivity index (χ4v) is 5.41. The SMILES string of the molecule is CSc1ccc(C2c3cccn3-c3c(c(C)nn3-c3ccccc3)CN2C(=O)Nc2ccccc2)cc1. The van der Waals surface area contributed by atoms with Gasteiger partial charge in [-0.15, -0.1) is 11.8 Å². The molecule has 1 aliphatic rings. The molecule has 1 atom stereocenters. The number of aromatic nitrogens is 3. The molecule has 7 heteroatoms. The van der Waals surface area contributed by atoms with Crippen LogP contribution < -0.4 is 5.32 Å². The quantitative estimate of drug-likeness (QED) is 0.272. The molecule has 6 rings (SSSR count). The number of benzene rings is 3. The van der Waals surface area contributed by atoms with Crippen LogP contribution in [-0.2, 0) is 6.54 Å². The highest BCUT2D eigenvalue weighted by Crippen LogP contribution is 2.39. The van der Waals surface area contributed by atoms with Crippen LogP contribution in [0.25, 0.3) is 11.5 Å². The number of hydrogen-bond donors (Lipinski definition) is 1. The van der Waals surface area contributed by atoms with Gasteiger partial charge >= 0.3 is 6.03 Å². The van der Waals surface area contributed by atoms with Crippen molar-refractivity contribution in [3.05, 3.63) is 126 Å². The van der Waals surface area contributed by atoms with E-state index in [0.717, 1.165) is 39.7 Å². The second-order valence-electron chi connectivity index (χ2n) is 9.04. The van der Waals surface area contributed by atoms with Gasteiger partial charge in [-0.1, -0.05) is 48.5 Å². The number of rotatable bonds is 4. The lowest BCUT2D eigenvalue weighted by Gasteiger charge is -2.31. The summed E-state index contributed by atoms with van der Waals surface area (Å²) in [5, 5.41) is 8.04. The summed E-state index contributed by atoms with van der Waals surface area (Å²) in [6, 6.07) is 31.9. The van der Waals surface area contributed by atoms with Crippen LogP contribution >= 0.6 is 11.8 Å². The van der Waals surface area contributed by atoms with Crippen molar-refractivity contribution in [3.63, 3.8) is 0 Å². The van der Waals surface area contributed by atoms with Gasteiger partial charge in [0.05, 0.1) is 29.7 Å². The van der Waals surface area contributed by atoms with Gasteiger partial charge in [0.25, 0.3) is 0 Å². The lowest BCUT2D eigenvalue weighted by Crippen LogP contribution is -2.38. The van der Waals surface area contributed by atoms with E-state index in [1.165, 1.54) is 4.90 Å². The largest absolute Gasteiger partial charge is 0.322 e. The first-order valence-electron chi connectivity index (χ1n) is 12.2. The minimum absolute atomic E-state index is 0.155. The molecular formula is C30H27N5OS. The highest BCUT2D eigenvalue weighted by molar-refractivity contribution is 7.98. The molecule has 184 valence electrons. The van der Waals surface area contributed by atoms with Crippen LogP contribution in [-0.4, -0.2) is 31.5 Å². The number of nitrogens with zero attached hydrogens (tertiary/aromatic N) is 4. The van der Waals surface area contributed by atoms with Crippen molar-refractivity contribution < 1.29 is 4.79 Å². The third kappa shape index (κ3) is 4.21. The zero-order valence-electron chi connectivity index (χ0n) is 20.7. The van der Waals surface area contributed by atoms with E-state index in [4.69, 9.17) is 5.10 Å². The van der Waals surface area contributed by atoms with E-state index in [2.05, 4.69) is 64.8 Å². The number of carbonyl (C=O) groups excluding carboxylic acids is 1. The number of hydrogen-bond acceptors (Lipinski definition) is 3. The van der Waals surface area contributed by atoms with Gasteiger partial charge < -0.3 is 14.8 Å². The Morgan fingerprint density at radius 2 is 1.62 bits per heavy atom. The van der Waals surface area contributed by atoms with Crippen molar-refractivity contribution in [3.8, 4) is 11.5 Å². The first kappa shape index (κ1) is 23.2. The molecule has 0 saturated heterocycles. The summed E-state index contributed by atoms with van der Waals surface area (Å²) in [6.07, 6.45) is 4.14. The highest BCUT2D eigenvalue weighted by Gasteiger charge is 2.36. The van der Waals surface area contributed by atoms with Crippen LogP contribution in [0, 0.1) is 6.92 Å². The van der Waals surface area contributed by atoms with Gasteiger partial charge in [-0.3, -0.25) is 0 Å². The van der Waals surface area contributed by atoms with Crippen LogP contribution in [0.4, 0.5) is 10.5 Å². The second-order valence-corrected chi connectivity index (χ2v) is 9.92. The maximum absolute atomic E-state index is 13.9. The molecule has 2 amide bonds. The van der Waals surface area contributed by atoms with E-state index in [0.29, 0.717) is 6.54 Å². The van der Waals surface area contributed by atoms with Gasteiger partial charge in [0.2, 0.25) is 0 Å². The first-order valence-corrected chi connectivity index (χ1v) is 13.4. The molecule has 6 nitrogen and oxygen atoms in total. The molecule has 0 fully saturated rings. The maximum atomic E-state index is 13.9. The molecule has 0 radical (unpaired) electrons. The second kappa shape index (κ2) is 9.67. The number of amides is 2. The topological polar surface area (TPSA) is 55.1 Å². The molecule has 0 spiro atoms. The number of fused-ring (bicyclic) bond motifs is 3. The summed E-state index contributed by atoms with van der Waals surface area (Å²) in [6.45, 7) is 2.44. The van der Waals surface area contributed by atoms with Gasteiger partial charge in [-0.2, -0.15) is 5.10 Å². The Labute approximate surface area is 220 Å². The van der Waals surface area contributed by atoms with Crippen LogP contribution in [0.2, 0.25) is 0 Å². The molecule has 37 heavy (non-hydrogen) atoms. The molecule has 2 aromatic heterocycles. The van der Waals surface area contributed by atoms with Crippen molar-refractivity contribution >= 4 is 23.5 Å². The van der Waals surface area contributed by atoms with Crippen LogP contribution in [0.3, 0.4) is 0 Å².